The Labute approximate surface area is 104 Å². The summed E-state index contributed by atoms with van der Waals surface area (Å²) in [5, 5.41) is 0. The van der Waals surface area contributed by atoms with Gasteiger partial charge in [0.25, 0.3) is 5.56 Å². The predicted octanol–water partition coefficient (Wildman–Crippen LogP) is -1.00. The maximum absolute atomic E-state index is 11.9. The summed E-state index contributed by atoms with van der Waals surface area (Å²) in [6, 6.07) is 0. The Bertz CT molecular complexity index is 520. The molecule has 0 aliphatic carbocycles. The van der Waals surface area contributed by atoms with Crippen LogP contribution in [0.1, 0.15) is 13.8 Å². The van der Waals surface area contributed by atoms with Gasteiger partial charge in [-0.2, -0.15) is 0 Å². The Balaban J connectivity index is 3.16. The molecule has 1 aromatic rings. The Kier molecular flexibility index (Phi) is 4.30. The number of carbonyl (C=O) groups excluding carboxylic acids is 1. The van der Waals surface area contributed by atoms with Crippen LogP contribution in [0.5, 0.6) is 0 Å². The van der Waals surface area contributed by atoms with Crippen molar-refractivity contribution in [3.05, 3.63) is 27.0 Å². The largest absolute Gasteiger partial charge is 0.393 e. The highest BCUT2D eigenvalue weighted by Crippen LogP contribution is 1.92. The van der Waals surface area contributed by atoms with Crippen LogP contribution < -0.4 is 17.0 Å². The van der Waals surface area contributed by atoms with Gasteiger partial charge in [-0.15, -0.1) is 0 Å². The monoisotopic (exact) mass is 254 g/mol. The Morgan fingerprint density at radius 2 is 1.89 bits per heavy atom. The maximum atomic E-state index is 11.9. The molecule has 1 rings (SSSR count). The van der Waals surface area contributed by atoms with Crippen molar-refractivity contribution in [2.24, 2.45) is 7.05 Å². The lowest BCUT2D eigenvalue weighted by molar-refractivity contribution is -0.131. The molecule has 0 aromatic carbocycles. The van der Waals surface area contributed by atoms with E-state index >= 15 is 0 Å². The topological polar surface area (TPSA) is 90.3 Å². The summed E-state index contributed by atoms with van der Waals surface area (Å²) in [6.45, 7) is 4.46. The molecule has 18 heavy (non-hydrogen) atoms. The number of likely N-dealkylation sites (N-methyl/N-ethyl adjacent to an activating group) is 1. The van der Waals surface area contributed by atoms with Crippen molar-refractivity contribution in [1.29, 1.82) is 0 Å². The molecule has 0 saturated heterocycles. The zero-order valence-electron chi connectivity index (χ0n) is 10.8. The smallest absolute Gasteiger partial charge is 0.331 e. The van der Waals surface area contributed by atoms with Gasteiger partial charge in [0.15, 0.2) is 0 Å². The van der Waals surface area contributed by atoms with Gasteiger partial charge in [0.2, 0.25) is 5.91 Å². The van der Waals surface area contributed by atoms with Crippen molar-refractivity contribution in [2.75, 3.05) is 18.8 Å². The second-order valence-corrected chi connectivity index (χ2v) is 3.94. The van der Waals surface area contributed by atoms with E-state index in [1.54, 1.807) is 4.90 Å². The number of amides is 1. The predicted molar refractivity (Wildman–Crippen MR) is 68.3 cm³/mol. The molecule has 0 spiro atoms. The molecular weight excluding hydrogens is 236 g/mol. The molecule has 0 saturated carbocycles. The fourth-order valence-corrected chi connectivity index (χ4v) is 1.70. The van der Waals surface area contributed by atoms with Gasteiger partial charge in [-0.3, -0.25) is 9.59 Å². The average Bonchev–Trinajstić information content (AvgIpc) is 2.33. The molecule has 0 aliphatic heterocycles. The summed E-state index contributed by atoms with van der Waals surface area (Å²) in [7, 11) is 1.48. The van der Waals surface area contributed by atoms with E-state index in [2.05, 4.69) is 0 Å². The third kappa shape index (κ3) is 2.61. The van der Waals surface area contributed by atoms with Crippen molar-refractivity contribution in [2.45, 2.75) is 20.4 Å². The molecule has 0 fully saturated rings. The number of aryl methyl sites for hydroxylation is 1. The van der Waals surface area contributed by atoms with Gasteiger partial charge in [0.1, 0.15) is 12.2 Å². The van der Waals surface area contributed by atoms with Gasteiger partial charge < -0.3 is 15.2 Å². The minimum absolute atomic E-state index is 0.0514. The van der Waals surface area contributed by atoms with Gasteiger partial charge in [-0.05, 0) is 13.8 Å². The number of nitrogens with zero attached hydrogens (tertiary/aromatic N) is 3. The fourth-order valence-electron chi connectivity index (χ4n) is 1.70. The number of hydrogen-bond donors (Lipinski definition) is 1. The summed E-state index contributed by atoms with van der Waals surface area (Å²) in [5.74, 6) is -0.273. The van der Waals surface area contributed by atoms with Crippen molar-refractivity contribution in [1.82, 2.24) is 14.0 Å². The highest BCUT2D eigenvalue weighted by Gasteiger charge is 2.15. The lowest BCUT2D eigenvalue weighted by atomic mass is 10.4. The zero-order chi connectivity index (χ0) is 13.9. The average molecular weight is 254 g/mol. The SMILES string of the molecule is CCN(CC)C(=O)Cn1c(=O)c(N)cn(C)c1=O. The lowest BCUT2D eigenvalue weighted by Gasteiger charge is -2.19. The highest BCUT2D eigenvalue weighted by molar-refractivity contribution is 5.75. The van der Waals surface area contributed by atoms with E-state index < -0.39 is 11.2 Å². The second kappa shape index (κ2) is 5.52. The van der Waals surface area contributed by atoms with E-state index in [9.17, 15) is 14.4 Å². The number of nitrogen functional groups attached to an aromatic ring is 1. The minimum Gasteiger partial charge on any atom is -0.393 e. The standard InChI is InChI=1S/C11H18N4O3/c1-4-14(5-2)9(16)7-15-10(17)8(12)6-13(3)11(15)18/h6H,4-5,7,12H2,1-3H3. The van der Waals surface area contributed by atoms with Crippen LogP contribution in [0.25, 0.3) is 0 Å². The summed E-state index contributed by atoms with van der Waals surface area (Å²) >= 11 is 0. The number of aromatic nitrogens is 2. The Hall–Kier alpha value is -2.05. The zero-order valence-corrected chi connectivity index (χ0v) is 10.8. The minimum atomic E-state index is -0.626. The summed E-state index contributed by atoms with van der Waals surface area (Å²) < 4.78 is 2.04. The Morgan fingerprint density at radius 3 is 2.39 bits per heavy atom. The van der Waals surface area contributed by atoms with E-state index in [4.69, 9.17) is 5.73 Å². The van der Waals surface area contributed by atoms with Crippen LogP contribution in [0.3, 0.4) is 0 Å². The molecule has 0 bridgehead atoms. The molecule has 7 nitrogen and oxygen atoms in total. The molecular formula is C11H18N4O3. The van der Waals surface area contributed by atoms with Crippen LogP contribution in [0.15, 0.2) is 15.8 Å². The number of rotatable bonds is 4. The number of nitrogens with two attached hydrogens (primary N) is 1. The molecule has 1 amide bonds. The van der Waals surface area contributed by atoms with Gasteiger partial charge in [0, 0.05) is 26.3 Å². The van der Waals surface area contributed by atoms with Crippen LogP contribution >= 0.6 is 0 Å². The molecule has 0 radical (unpaired) electrons. The molecule has 100 valence electrons. The maximum Gasteiger partial charge on any atom is 0.331 e. The van der Waals surface area contributed by atoms with E-state index in [-0.39, 0.29) is 18.1 Å². The normalized spacial score (nSPS) is 10.4. The highest BCUT2D eigenvalue weighted by atomic mass is 16.2. The summed E-state index contributed by atoms with van der Waals surface area (Å²) in [4.78, 5) is 36.9. The van der Waals surface area contributed by atoms with Gasteiger partial charge in [-0.1, -0.05) is 0 Å². The molecule has 0 unspecified atom stereocenters. The van der Waals surface area contributed by atoms with E-state index in [0.29, 0.717) is 13.1 Å². The van der Waals surface area contributed by atoms with Crippen LogP contribution in [-0.4, -0.2) is 33.0 Å². The molecule has 2 N–H and O–H groups in total. The quantitative estimate of drug-likeness (QED) is 0.746. The fraction of sp³-hybridized carbons (Fsp3) is 0.545. The number of carbonyl (C=O) groups is 1. The van der Waals surface area contributed by atoms with Crippen molar-refractivity contribution in [3.63, 3.8) is 0 Å². The first-order chi connectivity index (χ1) is 8.42. The second-order valence-electron chi connectivity index (χ2n) is 3.94. The first-order valence-electron chi connectivity index (χ1n) is 5.76. The van der Waals surface area contributed by atoms with Crippen molar-refractivity contribution in [3.8, 4) is 0 Å². The van der Waals surface area contributed by atoms with E-state index in [1.165, 1.54) is 17.8 Å². The van der Waals surface area contributed by atoms with Crippen molar-refractivity contribution >= 4 is 11.6 Å². The van der Waals surface area contributed by atoms with Gasteiger partial charge in [0.05, 0.1) is 0 Å². The molecule has 1 heterocycles. The van der Waals surface area contributed by atoms with Crippen LogP contribution in [-0.2, 0) is 18.4 Å². The molecule has 1 aromatic heterocycles. The third-order valence-electron chi connectivity index (χ3n) is 2.77. The number of hydrogen-bond acceptors (Lipinski definition) is 4. The summed E-state index contributed by atoms with van der Waals surface area (Å²) in [6.07, 6.45) is 1.25. The lowest BCUT2D eigenvalue weighted by Crippen LogP contribution is -2.44. The first-order valence-corrected chi connectivity index (χ1v) is 5.76. The third-order valence-corrected chi connectivity index (χ3v) is 2.77. The van der Waals surface area contributed by atoms with E-state index in [0.717, 1.165) is 4.57 Å². The van der Waals surface area contributed by atoms with Crippen LogP contribution in [0.4, 0.5) is 5.69 Å². The van der Waals surface area contributed by atoms with Crippen LogP contribution in [0.2, 0.25) is 0 Å². The summed E-state index contributed by atoms with van der Waals surface area (Å²) in [5.41, 5.74) is 4.26. The van der Waals surface area contributed by atoms with Gasteiger partial charge in [-0.25, -0.2) is 9.36 Å². The van der Waals surface area contributed by atoms with Crippen LogP contribution in [0, 0.1) is 0 Å². The molecule has 0 atom stereocenters. The van der Waals surface area contributed by atoms with Gasteiger partial charge >= 0.3 is 5.69 Å². The van der Waals surface area contributed by atoms with E-state index in [1.807, 2.05) is 13.8 Å². The number of anilines is 1. The van der Waals surface area contributed by atoms with Crippen molar-refractivity contribution < 1.29 is 4.79 Å². The Morgan fingerprint density at radius 1 is 1.33 bits per heavy atom. The molecule has 7 heteroatoms. The molecule has 0 aliphatic rings. The first kappa shape index (κ1) is 14.0.